The number of Topliss-reactive ketones (excluding diaryl/α,β-unsaturated/α-hetero) is 1. The van der Waals surface area contributed by atoms with Crippen LogP contribution in [0.2, 0.25) is 0 Å². The monoisotopic (exact) mass is 310 g/mol. The van der Waals surface area contributed by atoms with Crippen molar-refractivity contribution in [2.45, 2.75) is 33.6 Å². The van der Waals surface area contributed by atoms with E-state index >= 15 is 0 Å². The third-order valence-electron chi connectivity index (χ3n) is 5.59. The number of carbonyl (C=O) groups is 1. The normalized spacial score (nSPS) is 29.5. The number of nitrogens with zero attached hydrogens (tertiary/aromatic N) is 4. The lowest BCUT2D eigenvalue weighted by Crippen LogP contribution is -2.57. The van der Waals surface area contributed by atoms with Crippen LogP contribution in [0.25, 0.3) is 4.85 Å². The summed E-state index contributed by atoms with van der Waals surface area (Å²) < 4.78 is 0. The van der Waals surface area contributed by atoms with Gasteiger partial charge in [-0.3, -0.25) is 0 Å². The van der Waals surface area contributed by atoms with E-state index in [0.29, 0.717) is 5.70 Å². The van der Waals surface area contributed by atoms with Gasteiger partial charge in [0.1, 0.15) is 0 Å². The fourth-order valence-corrected chi connectivity index (χ4v) is 4.34. The first kappa shape index (κ1) is 15.7. The maximum absolute atomic E-state index is 12.6. The summed E-state index contributed by atoms with van der Waals surface area (Å²) in [6.07, 6.45) is 7.25. The third-order valence-corrected chi connectivity index (χ3v) is 5.59. The smallest absolute Gasteiger partial charge is 0.226 e. The van der Waals surface area contributed by atoms with Gasteiger partial charge in [-0.05, 0) is 24.8 Å². The molecule has 5 nitrogen and oxygen atoms in total. The largest absolute Gasteiger partial charge is 0.340 e. The molecule has 0 N–H and O–H groups in total. The Morgan fingerprint density at radius 2 is 2.09 bits per heavy atom. The van der Waals surface area contributed by atoms with Gasteiger partial charge >= 0.3 is 0 Å². The summed E-state index contributed by atoms with van der Waals surface area (Å²) in [5.41, 5.74) is -0.368. The van der Waals surface area contributed by atoms with Crippen LogP contribution in [-0.4, -0.2) is 28.8 Å². The second kappa shape index (κ2) is 5.45. The Morgan fingerprint density at radius 1 is 1.39 bits per heavy atom. The molecule has 5 heteroatoms. The van der Waals surface area contributed by atoms with E-state index in [1.54, 1.807) is 12.4 Å². The fraction of sp³-hybridized carbons (Fsp3) is 0.556. The topological polar surface area (TPSA) is 50.5 Å². The highest BCUT2D eigenvalue weighted by Gasteiger charge is 2.54. The van der Waals surface area contributed by atoms with E-state index in [0.717, 1.165) is 31.9 Å². The van der Waals surface area contributed by atoms with Crippen molar-refractivity contribution in [2.24, 2.45) is 16.7 Å². The molecule has 2 atom stereocenters. The van der Waals surface area contributed by atoms with Crippen molar-refractivity contribution in [3.8, 4) is 0 Å². The lowest BCUT2D eigenvalue weighted by atomic mass is 9.54. The number of ketones is 1. The first-order chi connectivity index (χ1) is 10.9. The summed E-state index contributed by atoms with van der Waals surface area (Å²) in [6, 6.07) is 1.81. The Kier molecular flexibility index (Phi) is 3.71. The van der Waals surface area contributed by atoms with E-state index in [4.69, 9.17) is 6.57 Å². The molecule has 0 saturated carbocycles. The van der Waals surface area contributed by atoms with E-state index in [2.05, 4.69) is 26.6 Å². The van der Waals surface area contributed by atoms with Crippen molar-refractivity contribution in [3.63, 3.8) is 0 Å². The van der Waals surface area contributed by atoms with Crippen molar-refractivity contribution in [3.05, 3.63) is 41.7 Å². The van der Waals surface area contributed by atoms with Crippen molar-refractivity contribution in [1.29, 1.82) is 0 Å². The minimum atomic E-state index is -0.492. The van der Waals surface area contributed by atoms with Gasteiger partial charge < -0.3 is 9.69 Å². The summed E-state index contributed by atoms with van der Waals surface area (Å²) in [7, 11) is 0. The lowest BCUT2D eigenvalue weighted by molar-refractivity contribution is -0.130. The molecule has 1 fully saturated rings. The number of anilines is 1. The predicted molar refractivity (Wildman–Crippen MR) is 88.5 cm³/mol. The summed E-state index contributed by atoms with van der Waals surface area (Å²) in [6.45, 7) is 15.1. The Hall–Kier alpha value is -2.22. The van der Waals surface area contributed by atoms with Gasteiger partial charge in [-0.2, -0.15) is 0 Å². The zero-order valence-electron chi connectivity index (χ0n) is 13.9. The van der Waals surface area contributed by atoms with Gasteiger partial charge in [-0.15, -0.1) is 0 Å². The minimum Gasteiger partial charge on any atom is -0.340 e. The standard InChI is InChI=1S/C18H22N4O/c1-5-18-11-13(19-4)15(23)17(2,3)14(18)7-10-22(12-18)16-20-8-6-9-21-16/h6,8-9,11,14H,5,7,10,12H2,1-3H3/t14-,18+/m1/s1. The van der Waals surface area contributed by atoms with Crippen molar-refractivity contribution in [1.82, 2.24) is 9.97 Å². The highest BCUT2D eigenvalue weighted by Crippen LogP contribution is 2.54. The van der Waals surface area contributed by atoms with Crippen LogP contribution in [0.15, 0.2) is 30.2 Å². The average Bonchev–Trinajstić information content (AvgIpc) is 2.58. The number of aromatic nitrogens is 2. The first-order valence-electron chi connectivity index (χ1n) is 8.11. The van der Waals surface area contributed by atoms with Crippen LogP contribution in [0.4, 0.5) is 5.95 Å². The summed E-state index contributed by atoms with van der Waals surface area (Å²) in [5.74, 6) is 0.968. The molecule has 0 bridgehead atoms. The van der Waals surface area contributed by atoms with Crippen molar-refractivity contribution in [2.75, 3.05) is 18.0 Å². The Labute approximate surface area is 137 Å². The molecule has 1 saturated heterocycles. The highest BCUT2D eigenvalue weighted by molar-refractivity contribution is 6.02. The van der Waals surface area contributed by atoms with Gasteiger partial charge in [0.2, 0.25) is 11.6 Å². The first-order valence-corrected chi connectivity index (χ1v) is 8.11. The second-order valence-electron chi connectivity index (χ2n) is 7.09. The van der Waals surface area contributed by atoms with E-state index in [-0.39, 0.29) is 17.1 Å². The second-order valence-corrected chi connectivity index (χ2v) is 7.09. The molecule has 1 aliphatic carbocycles. The van der Waals surface area contributed by atoms with Crippen LogP contribution in [0.1, 0.15) is 33.6 Å². The Balaban J connectivity index is 2.04. The van der Waals surface area contributed by atoms with Gasteiger partial charge in [0.05, 0.1) is 6.57 Å². The predicted octanol–water partition coefficient (Wildman–Crippen LogP) is 3.11. The van der Waals surface area contributed by atoms with Crippen LogP contribution in [0.3, 0.4) is 0 Å². The number of rotatable bonds is 2. The molecule has 3 rings (SSSR count). The number of allylic oxidation sites excluding steroid dienone is 1. The highest BCUT2D eigenvalue weighted by atomic mass is 16.1. The SMILES string of the molecule is [C-]#[N+]C1=C[C@@]2(CC)CN(c3ncccn3)CC[C@@H]2C(C)(C)C1=O. The van der Waals surface area contributed by atoms with Crippen LogP contribution in [0, 0.1) is 23.3 Å². The molecule has 0 aromatic carbocycles. The summed E-state index contributed by atoms with van der Waals surface area (Å²) in [5, 5.41) is 0. The molecule has 0 spiro atoms. The molecule has 0 unspecified atom stereocenters. The van der Waals surface area contributed by atoms with Crippen LogP contribution < -0.4 is 4.90 Å². The van der Waals surface area contributed by atoms with Crippen LogP contribution in [-0.2, 0) is 4.79 Å². The number of fused-ring (bicyclic) bond motifs is 1. The average molecular weight is 310 g/mol. The molecule has 23 heavy (non-hydrogen) atoms. The van der Waals surface area contributed by atoms with Gasteiger partial charge in [-0.1, -0.05) is 26.8 Å². The quantitative estimate of drug-likeness (QED) is 0.788. The Bertz CT molecular complexity index is 689. The van der Waals surface area contributed by atoms with Crippen molar-refractivity contribution < 1.29 is 4.79 Å². The third kappa shape index (κ3) is 2.33. The van der Waals surface area contributed by atoms with E-state index in [1.165, 1.54) is 0 Å². The molecule has 120 valence electrons. The number of hydrogen-bond acceptors (Lipinski definition) is 4. The zero-order valence-corrected chi connectivity index (χ0v) is 13.9. The summed E-state index contributed by atoms with van der Waals surface area (Å²) >= 11 is 0. The minimum absolute atomic E-state index is 0.00835. The van der Waals surface area contributed by atoms with Gasteiger partial charge in [-0.25, -0.2) is 14.8 Å². The maximum Gasteiger partial charge on any atom is 0.226 e. The fourth-order valence-electron chi connectivity index (χ4n) is 4.34. The van der Waals surface area contributed by atoms with Gasteiger partial charge in [0.25, 0.3) is 0 Å². The number of carbonyl (C=O) groups excluding carboxylic acids is 1. The van der Waals surface area contributed by atoms with Crippen molar-refractivity contribution >= 4 is 11.7 Å². The number of piperidine rings is 1. The molecule has 1 aliphatic heterocycles. The Morgan fingerprint density at radius 3 is 2.70 bits per heavy atom. The number of hydrogen-bond donors (Lipinski definition) is 0. The molecule has 0 amide bonds. The van der Waals surface area contributed by atoms with E-state index < -0.39 is 5.41 Å². The molecule has 2 aliphatic rings. The molecule has 2 heterocycles. The van der Waals surface area contributed by atoms with Gasteiger partial charge in [0, 0.05) is 36.3 Å². The van der Waals surface area contributed by atoms with E-state index in [9.17, 15) is 4.79 Å². The molecule has 1 aromatic heterocycles. The van der Waals surface area contributed by atoms with Crippen LogP contribution >= 0.6 is 0 Å². The van der Waals surface area contributed by atoms with Crippen LogP contribution in [0.5, 0.6) is 0 Å². The molecule has 1 aromatic rings. The molecule has 0 radical (unpaired) electrons. The molecular formula is C18H22N4O. The zero-order chi connectivity index (χ0) is 16.7. The molecular weight excluding hydrogens is 288 g/mol. The summed E-state index contributed by atoms with van der Waals surface area (Å²) in [4.78, 5) is 27.0. The maximum atomic E-state index is 12.6. The lowest BCUT2D eigenvalue weighted by Gasteiger charge is -2.54. The van der Waals surface area contributed by atoms with E-state index in [1.807, 2.05) is 26.0 Å². The van der Waals surface area contributed by atoms with Gasteiger partial charge in [0.15, 0.2) is 5.78 Å².